The summed E-state index contributed by atoms with van der Waals surface area (Å²) in [4.78, 5) is 0. The molecule has 0 radical (unpaired) electrons. The average Bonchev–Trinajstić information content (AvgIpc) is 2.89. The number of hydrogen-bond donors (Lipinski definition) is 1. The maximum Gasteiger partial charge on any atom is 0.153 e. The molecule has 0 nitrogen and oxygen atoms in total. The summed E-state index contributed by atoms with van der Waals surface area (Å²) in [6.07, 6.45) is 16.6. The van der Waals surface area contributed by atoms with Gasteiger partial charge in [-0.05, 0) is 140 Å². The second-order valence-electron chi connectivity index (χ2n) is 12.8. The Kier molecular flexibility index (Phi) is 11.5. The van der Waals surface area contributed by atoms with Gasteiger partial charge in [-0.25, -0.2) is 4.39 Å². The van der Waals surface area contributed by atoms with Crippen molar-refractivity contribution in [1.82, 2.24) is 0 Å². The lowest BCUT2D eigenvalue weighted by atomic mass is 9.80. The van der Waals surface area contributed by atoms with E-state index in [1.165, 1.54) is 75.0 Å². The molecule has 1 aromatic carbocycles. The largest absolute Gasteiger partial charge is 0.232 e. The molecule has 0 N–H and O–H groups in total. The molecule has 218 valence electrons. The van der Waals surface area contributed by atoms with Crippen molar-refractivity contribution < 1.29 is 4.39 Å². The Morgan fingerprint density at radius 2 is 1.82 bits per heavy atom. The van der Waals surface area contributed by atoms with Crippen molar-refractivity contribution in [1.29, 1.82) is 0 Å². The summed E-state index contributed by atoms with van der Waals surface area (Å²) < 4.78 is 14.4. The van der Waals surface area contributed by atoms with Crippen molar-refractivity contribution in [2.24, 2.45) is 11.8 Å². The van der Waals surface area contributed by atoms with E-state index >= 15 is 0 Å². The third kappa shape index (κ3) is 8.03. The van der Waals surface area contributed by atoms with Crippen LogP contribution in [0.15, 0.2) is 82.5 Å². The fourth-order valence-corrected chi connectivity index (χ4v) is 7.02. The lowest BCUT2D eigenvalue weighted by Gasteiger charge is -2.30. The molecule has 0 aliphatic heterocycles. The highest BCUT2D eigenvalue weighted by atomic mass is 32.1. The summed E-state index contributed by atoms with van der Waals surface area (Å²) >= 11 is 4.24. The number of allylic oxidation sites excluding steroid dienone is 11. The number of halogens is 1. The molecule has 2 aliphatic carbocycles. The second kappa shape index (κ2) is 14.2. The molecule has 0 heterocycles. The smallest absolute Gasteiger partial charge is 0.153 e. The monoisotopic (exact) mass is 560 g/mol. The van der Waals surface area contributed by atoms with Gasteiger partial charge in [-0.15, -0.1) is 12.6 Å². The minimum Gasteiger partial charge on any atom is -0.232 e. The molecule has 2 aliphatic rings. The Labute approximate surface area is 250 Å². The summed E-state index contributed by atoms with van der Waals surface area (Å²) in [6.45, 7) is 22.3. The first-order valence-electron chi connectivity index (χ1n) is 15.6. The zero-order valence-corrected chi connectivity index (χ0v) is 27.4. The van der Waals surface area contributed by atoms with Crippen molar-refractivity contribution in [3.8, 4) is 0 Å². The molecule has 2 heteroatoms. The number of rotatable bonds is 12. The molecule has 0 amide bonds. The van der Waals surface area contributed by atoms with E-state index < -0.39 is 5.00 Å². The van der Waals surface area contributed by atoms with Gasteiger partial charge in [0.2, 0.25) is 0 Å². The number of hydrogen-bond acceptors (Lipinski definition) is 1. The van der Waals surface area contributed by atoms with Crippen LogP contribution in [-0.4, -0.2) is 5.00 Å². The Morgan fingerprint density at radius 3 is 2.35 bits per heavy atom. The first kappa shape index (κ1) is 32.5. The third-order valence-corrected chi connectivity index (χ3v) is 9.47. The zero-order valence-electron chi connectivity index (χ0n) is 26.5. The molecule has 1 fully saturated rings. The van der Waals surface area contributed by atoms with Crippen LogP contribution in [0.5, 0.6) is 0 Å². The van der Waals surface area contributed by atoms with Gasteiger partial charge in [0.25, 0.3) is 0 Å². The highest BCUT2D eigenvalue weighted by Crippen LogP contribution is 2.41. The first-order valence-corrected chi connectivity index (χ1v) is 16.0. The van der Waals surface area contributed by atoms with Crippen LogP contribution >= 0.6 is 12.6 Å². The van der Waals surface area contributed by atoms with Gasteiger partial charge in [0.05, 0.1) is 0 Å². The molecule has 1 atom stereocenters. The van der Waals surface area contributed by atoms with E-state index in [1.807, 2.05) is 6.08 Å². The van der Waals surface area contributed by atoms with Crippen molar-refractivity contribution >= 4 is 18.2 Å². The molecule has 40 heavy (non-hydrogen) atoms. The second-order valence-corrected chi connectivity index (χ2v) is 13.6. The van der Waals surface area contributed by atoms with Crippen LogP contribution in [-0.2, 0) is 0 Å². The molecule has 0 spiro atoms. The fraction of sp³-hybridized carbons (Fsp3) is 0.526. The molecule has 1 unspecified atom stereocenters. The molecule has 3 rings (SSSR count). The Hall–Kier alpha value is -2.06. The van der Waals surface area contributed by atoms with Gasteiger partial charge >= 0.3 is 0 Å². The lowest BCUT2D eigenvalue weighted by Crippen LogP contribution is -2.23. The van der Waals surface area contributed by atoms with Crippen LogP contribution in [0.1, 0.15) is 122 Å². The Morgan fingerprint density at radius 1 is 1.15 bits per heavy atom. The maximum absolute atomic E-state index is 14.4. The van der Waals surface area contributed by atoms with Crippen molar-refractivity contribution in [3.63, 3.8) is 0 Å². The number of aryl methyl sites for hydroxylation is 1. The molecule has 0 aromatic heterocycles. The normalized spacial score (nSPS) is 23.6. The van der Waals surface area contributed by atoms with Gasteiger partial charge in [0.15, 0.2) is 5.00 Å². The van der Waals surface area contributed by atoms with Crippen LogP contribution in [0.25, 0.3) is 5.57 Å². The van der Waals surface area contributed by atoms with E-state index in [0.29, 0.717) is 30.6 Å². The van der Waals surface area contributed by atoms with Crippen LogP contribution in [0.4, 0.5) is 4.39 Å². The number of benzene rings is 1. The van der Waals surface area contributed by atoms with E-state index in [4.69, 9.17) is 0 Å². The Balaban J connectivity index is 2.08. The quantitative estimate of drug-likeness (QED) is 0.191. The minimum absolute atomic E-state index is 0.354. The molecule has 0 bridgehead atoms. The highest BCUT2D eigenvalue weighted by Gasteiger charge is 2.31. The Bertz CT molecular complexity index is 1220. The number of alkyl halides is 1. The first-order chi connectivity index (χ1) is 18.9. The van der Waals surface area contributed by atoms with Crippen molar-refractivity contribution in [3.05, 3.63) is 99.2 Å². The van der Waals surface area contributed by atoms with E-state index in [-0.39, 0.29) is 0 Å². The summed E-state index contributed by atoms with van der Waals surface area (Å²) in [5.74, 6) is 1.43. The predicted octanol–water partition coefficient (Wildman–Crippen LogP) is 12.2. The molecular formula is C38H53FS. The summed E-state index contributed by atoms with van der Waals surface area (Å²) in [7, 11) is 0. The maximum atomic E-state index is 14.4. The topological polar surface area (TPSA) is 0 Å². The van der Waals surface area contributed by atoms with Gasteiger partial charge in [-0.1, -0.05) is 89.6 Å². The standard InChI is InChI=1S/C38H53FS/c1-10-12-13-26(5)34-17-15-33(23-27(34)6)35(16-14-31-18-20-38(39,40)21-19-31)36(25(3)4)30(9)24-32(11-2)37-28(7)22-29(37)8/h11,15-17,22-26,31,40H,2,10,12-14,18-21H2,1,3-9H3/b32-24+,35-16-,36-30+. The van der Waals surface area contributed by atoms with Crippen LogP contribution in [0.2, 0.25) is 0 Å². The fourth-order valence-electron chi connectivity index (χ4n) is 6.77. The molecular weight excluding hydrogens is 507 g/mol. The van der Waals surface area contributed by atoms with Gasteiger partial charge in [0, 0.05) is 0 Å². The molecule has 1 saturated carbocycles. The minimum atomic E-state index is -1.29. The van der Waals surface area contributed by atoms with Gasteiger partial charge in [0.1, 0.15) is 0 Å². The van der Waals surface area contributed by atoms with Crippen LogP contribution in [0, 0.1) is 18.8 Å². The van der Waals surface area contributed by atoms with Crippen LogP contribution in [0.3, 0.4) is 0 Å². The molecule has 0 saturated heterocycles. The molecule has 1 aromatic rings. The zero-order chi connectivity index (χ0) is 29.6. The van der Waals surface area contributed by atoms with Crippen molar-refractivity contribution in [2.75, 3.05) is 0 Å². The predicted molar refractivity (Wildman–Crippen MR) is 179 cm³/mol. The van der Waals surface area contributed by atoms with Crippen molar-refractivity contribution in [2.45, 2.75) is 118 Å². The van der Waals surface area contributed by atoms with Crippen LogP contribution < -0.4 is 0 Å². The summed E-state index contributed by atoms with van der Waals surface area (Å²) in [6, 6.07) is 7.12. The SMILES string of the molecule is C=C\C(=C/C(C)=C(/C(=C\CC1CCC(F)(S)CC1)c1ccc(C(C)CCCC)c(C)c1)C(C)C)C1=C(C)C=C1C. The van der Waals surface area contributed by atoms with E-state index in [1.54, 1.807) is 0 Å². The number of thiol groups is 1. The average molecular weight is 561 g/mol. The lowest BCUT2D eigenvalue weighted by molar-refractivity contribution is 0.178. The summed E-state index contributed by atoms with van der Waals surface area (Å²) in [5.41, 5.74) is 13.3. The number of unbranched alkanes of at least 4 members (excludes halogenated alkanes) is 1. The third-order valence-electron chi connectivity index (χ3n) is 9.02. The highest BCUT2D eigenvalue weighted by molar-refractivity contribution is 7.81. The van der Waals surface area contributed by atoms with E-state index in [2.05, 4.69) is 111 Å². The summed E-state index contributed by atoms with van der Waals surface area (Å²) in [5, 5.41) is -1.29. The van der Waals surface area contributed by atoms with E-state index in [9.17, 15) is 4.39 Å². The van der Waals surface area contributed by atoms with Gasteiger partial charge in [-0.3, -0.25) is 0 Å². The van der Waals surface area contributed by atoms with Gasteiger partial charge in [-0.2, -0.15) is 0 Å². The van der Waals surface area contributed by atoms with E-state index in [0.717, 1.165) is 19.3 Å². The van der Waals surface area contributed by atoms with Gasteiger partial charge < -0.3 is 0 Å².